The van der Waals surface area contributed by atoms with E-state index in [1.165, 1.54) is 0 Å². The molecule has 0 aliphatic heterocycles. The average molecular weight is 812 g/mol. The van der Waals surface area contributed by atoms with E-state index >= 15 is 0 Å². The minimum absolute atomic E-state index is 0. The molecule has 45 heavy (non-hydrogen) atoms. The van der Waals surface area contributed by atoms with Crippen LogP contribution in [0.5, 0.6) is 0 Å². The molecule has 276 valence electrons. The molecule has 0 aliphatic rings. The molecule has 0 aromatic rings. The SMILES string of the molecule is O=C([O-])C(O)CO.O=C([O-])C(O)CO.O=C([O-])C(O)CO.O=C([O-])C(O)CO.O=C([O-])C(O)CO.O=C([O-])C(O)CO.[Co+2].[Cu+2].[Ni+2]. The van der Waals surface area contributed by atoms with Crippen LogP contribution in [0.3, 0.4) is 0 Å². The van der Waals surface area contributed by atoms with E-state index < -0.39 is 112 Å². The number of carbonyl (C=O) groups excluding carboxylic acids is 6. The van der Waals surface area contributed by atoms with Crippen molar-refractivity contribution in [1.82, 2.24) is 0 Å². The number of carboxylic acids is 6. The van der Waals surface area contributed by atoms with Crippen molar-refractivity contribution in [2.45, 2.75) is 36.6 Å². The van der Waals surface area contributed by atoms with E-state index in [1.807, 2.05) is 0 Å². The Morgan fingerprint density at radius 3 is 0.422 bits per heavy atom. The third kappa shape index (κ3) is 58.0. The van der Waals surface area contributed by atoms with E-state index in [0.29, 0.717) is 0 Å². The first-order valence-corrected chi connectivity index (χ1v) is 10.1. The third-order valence-corrected chi connectivity index (χ3v) is 2.67. The Hall–Kier alpha value is -2.14. The van der Waals surface area contributed by atoms with E-state index in [-0.39, 0.29) is 50.3 Å². The molecule has 0 spiro atoms. The molecule has 0 aromatic carbocycles. The predicted molar refractivity (Wildman–Crippen MR) is 109 cm³/mol. The number of rotatable bonds is 12. The largest absolute Gasteiger partial charge is 2.00 e. The van der Waals surface area contributed by atoms with Crippen LogP contribution >= 0.6 is 0 Å². The van der Waals surface area contributed by atoms with Crippen molar-refractivity contribution in [1.29, 1.82) is 0 Å². The van der Waals surface area contributed by atoms with Crippen molar-refractivity contribution < 1.29 is 171 Å². The topological polar surface area (TPSA) is 484 Å². The number of carboxylic acid groups (broad SMARTS) is 6. The molecule has 2 radical (unpaired) electrons. The number of aliphatic hydroxyl groups excluding tert-OH is 12. The molecule has 0 saturated carbocycles. The van der Waals surface area contributed by atoms with E-state index in [1.54, 1.807) is 0 Å². The van der Waals surface area contributed by atoms with Crippen LogP contribution in [0, 0.1) is 0 Å². The van der Waals surface area contributed by atoms with Crippen LogP contribution < -0.4 is 30.6 Å². The van der Waals surface area contributed by atoms with E-state index in [9.17, 15) is 59.4 Å². The van der Waals surface area contributed by atoms with Crippen LogP contribution in [0.2, 0.25) is 0 Å². The van der Waals surface area contributed by atoms with E-state index in [4.69, 9.17) is 61.3 Å². The Balaban J connectivity index is -0.0000000487. The van der Waals surface area contributed by atoms with Crippen LogP contribution in [0.1, 0.15) is 0 Å². The summed E-state index contributed by atoms with van der Waals surface area (Å²) in [6, 6.07) is 0. The van der Waals surface area contributed by atoms with Crippen molar-refractivity contribution in [2.24, 2.45) is 0 Å². The molecule has 0 aliphatic carbocycles. The quantitative estimate of drug-likeness (QED) is 0.0814. The summed E-state index contributed by atoms with van der Waals surface area (Å²) in [6.07, 6.45) is -10.4. The summed E-state index contributed by atoms with van der Waals surface area (Å²) in [4.78, 5) is 56.5. The predicted octanol–water partition coefficient (Wildman–Crippen LogP) is -17.5. The molecule has 0 heterocycles. The van der Waals surface area contributed by atoms with Gasteiger partial charge in [-0.2, -0.15) is 0 Å². The van der Waals surface area contributed by atoms with Crippen molar-refractivity contribution in [3.63, 3.8) is 0 Å². The zero-order chi connectivity index (χ0) is 35.2. The normalized spacial score (nSPS) is 12.5. The molecule has 24 nitrogen and oxygen atoms in total. The zero-order valence-electron chi connectivity index (χ0n) is 21.9. The van der Waals surface area contributed by atoms with Crippen LogP contribution in [0.4, 0.5) is 0 Å². The molecule has 0 aromatic heterocycles. The monoisotopic (exact) mass is 810 g/mol. The summed E-state index contributed by atoms with van der Waals surface area (Å²) in [6.45, 7) is -4.74. The minimum atomic E-state index is -1.74. The first kappa shape index (κ1) is 65.5. The number of aliphatic carboxylic acids is 6. The fourth-order valence-corrected chi connectivity index (χ4v) is 0.447. The molecule has 12 N–H and O–H groups in total. The smallest absolute Gasteiger partial charge is 0.547 e. The van der Waals surface area contributed by atoms with Gasteiger partial charge in [-0.05, 0) is 0 Å². The fourth-order valence-electron chi connectivity index (χ4n) is 0.447. The van der Waals surface area contributed by atoms with Gasteiger partial charge in [-0.1, -0.05) is 0 Å². The maximum absolute atomic E-state index is 9.41. The number of hydrogen-bond acceptors (Lipinski definition) is 24. The van der Waals surface area contributed by atoms with Gasteiger partial charge >= 0.3 is 50.3 Å². The molecule has 6 unspecified atom stereocenters. The molecule has 0 amide bonds. The molecular weight excluding hydrogens is 781 g/mol. The summed E-state index contributed by atoms with van der Waals surface area (Å²) in [5.74, 6) is -9.90. The van der Waals surface area contributed by atoms with Crippen molar-refractivity contribution in [3.05, 3.63) is 0 Å². The summed E-state index contributed by atoms with van der Waals surface area (Å²) >= 11 is 0. The van der Waals surface area contributed by atoms with Crippen LogP contribution in [0.25, 0.3) is 0 Å². The van der Waals surface area contributed by atoms with Gasteiger partial charge in [-0.15, -0.1) is 0 Å². The van der Waals surface area contributed by atoms with Gasteiger partial charge in [0.2, 0.25) is 0 Å². The fraction of sp³-hybridized carbons (Fsp3) is 0.667. The average Bonchev–Trinajstić information content (AvgIpc) is 2.95. The van der Waals surface area contributed by atoms with Gasteiger partial charge in [0.05, 0.1) is 75.5 Å². The third-order valence-electron chi connectivity index (χ3n) is 2.67. The summed E-state index contributed by atoms with van der Waals surface area (Å²) in [7, 11) is 0. The van der Waals surface area contributed by atoms with Gasteiger partial charge in [-0.25, -0.2) is 0 Å². The van der Waals surface area contributed by atoms with Gasteiger partial charge in [0.1, 0.15) is 36.6 Å². The maximum Gasteiger partial charge on any atom is 2.00 e. The van der Waals surface area contributed by atoms with Crippen LogP contribution in [-0.2, 0) is 79.1 Å². The first-order chi connectivity index (χ1) is 19.1. The van der Waals surface area contributed by atoms with Gasteiger partial charge in [0.25, 0.3) is 0 Å². The van der Waals surface area contributed by atoms with Gasteiger partial charge in [-0.3, -0.25) is 0 Å². The molecule has 27 heteroatoms. The number of aliphatic hydroxyl groups is 12. The molecular formula is C18H30CoCuNiO24. The van der Waals surface area contributed by atoms with Gasteiger partial charge in [0.15, 0.2) is 0 Å². The Kier molecular flexibility index (Phi) is 64.0. The molecule has 0 bridgehead atoms. The van der Waals surface area contributed by atoms with Crippen molar-refractivity contribution in [2.75, 3.05) is 39.6 Å². The van der Waals surface area contributed by atoms with E-state index in [0.717, 1.165) is 0 Å². The van der Waals surface area contributed by atoms with E-state index in [2.05, 4.69) is 0 Å². The Bertz CT molecular complexity index is 592. The molecule has 0 fully saturated rings. The second-order valence-corrected chi connectivity index (χ2v) is 6.10. The number of hydrogen-bond donors (Lipinski definition) is 12. The van der Waals surface area contributed by atoms with Gasteiger partial charge < -0.3 is 121 Å². The standard InChI is InChI=1S/6C3H6O4.Co.Cu.Ni/c6*4-1-2(5)3(6)7;;;/h6*2,4-5H,1H2,(H,6,7);;;/q;;;;;;3*+2/p-6. The van der Waals surface area contributed by atoms with Crippen LogP contribution in [0.15, 0.2) is 0 Å². The Morgan fingerprint density at radius 2 is 0.422 bits per heavy atom. The Morgan fingerprint density at radius 1 is 0.356 bits per heavy atom. The summed E-state index contributed by atoms with van der Waals surface area (Å²) in [5.41, 5.74) is 0. The second-order valence-electron chi connectivity index (χ2n) is 6.10. The van der Waals surface area contributed by atoms with Crippen molar-refractivity contribution in [3.8, 4) is 0 Å². The molecule has 0 saturated heterocycles. The van der Waals surface area contributed by atoms with Gasteiger partial charge in [0, 0.05) is 0 Å². The first-order valence-electron chi connectivity index (χ1n) is 10.1. The zero-order valence-corrected chi connectivity index (χ0v) is 24.9. The Labute approximate surface area is 282 Å². The minimum Gasteiger partial charge on any atom is -0.547 e. The summed E-state index contributed by atoms with van der Waals surface area (Å²) in [5, 5.41) is 152. The molecule has 0 rings (SSSR count). The number of carbonyl (C=O) groups is 6. The van der Waals surface area contributed by atoms with Crippen LogP contribution in [-0.4, -0.2) is 173 Å². The summed E-state index contributed by atoms with van der Waals surface area (Å²) < 4.78 is 0. The second kappa shape index (κ2) is 44.0. The maximum atomic E-state index is 9.41. The molecule has 6 atom stereocenters. The van der Waals surface area contributed by atoms with Crippen molar-refractivity contribution >= 4 is 35.8 Å².